The largest absolute Gasteiger partial charge is 0.493 e. The molecular weight excluding hydrogens is 579 g/mol. The average Bonchev–Trinajstić information content (AvgIpc) is 3.06. The van der Waals surface area contributed by atoms with Crippen LogP contribution in [0.1, 0.15) is 23.2 Å². The van der Waals surface area contributed by atoms with Crippen LogP contribution in [-0.2, 0) is 19.1 Å². The Morgan fingerprint density at radius 2 is 1.11 bits per heavy atom. The molecule has 4 aromatic carbocycles. The highest BCUT2D eigenvalue weighted by Crippen LogP contribution is 2.27. The van der Waals surface area contributed by atoms with Crippen LogP contribution in [0.3, 0.4) is 0 Å². The lowest BCUT2D eigenvalue weighted by Gasteiger charge is -2.09. The molecule has 0 fully saturated rings. The molecule has 4 aromatic rings. The number of hydrogen-bond acceptors (Lipinski definition) is 8. The molecule has 0 aliphatic rings. The fraction of sp³-hybridized carbons (Fsp3) is 0.139. The summed E-state index contributed by atoms with van der Waals surface area (Å²) in [4.78, 5) is 35.0. The van der Waals surface area contributed by atoms with Crippen molar-refractivity contribution in [2.24, 2.45) is 0 Å². The molecule has 0 radical (unpaired) electrons. The quantitative estimate of drug-likeness (QED) is 0.0449. The van der Waals surface area contributed by atoms with Crippen LogP contribution in [0.2, 0.25) is 0 Å². The number of carbonyl (C=O) groups excluding carboxylic acids is 3. The van der Waals surface area contributed by atoms with Crippen LogP contribution >= 0.6 is 0 Å². The van der Waals surface area contributed by atoms with E-state index < -0.39 is 23.7 Å². The molecule has 8 nitrogen and oxygen atoms in total. The molecule has 0 aliphatic carbocycles. The van der Waals surface area contributed by atoms with Gasteiger partial charge < -0.3 is 23.7 Å². The van der Waals surface area contributed by atoms with Gasteiger partial charge in [-0.25, -0.2) is 9.59 Å². The highest BCUT2D eigenvalue weighted by atomic mass is 19.1. The molecule has 45 heavy (non-hydrogen) atoms. The Morgan fingerprint density at radius 1 is 0.644 bits per heavy atom. The Bertz CT molecular complexity index is 1610. The third-order valence-corrected chi connectivity index (χ3v) is 6.36. The van der Waals surface area contributed by atoms with E-state index in [2.05, 4.69) is 22.6 Å². The van der Waals surface area contributed by atoms with E-state index in [1.165, 1.54) is 0 Å². The zero-order chi connectivity index (χ0) is 32.0. The zero-order valence-electron chi connectivity index (χ0n) is 24.4. The van der Waals surface area contributed by atoms with Crippen molar-refractivity contribution in [3.05, 3.63) is 128 Å². The summed E-state index contributed by atoms with van der Waals surface area (Å²) in [5.41, 5.74) is 4.39. The fourth-order valence-corrected chi connectivity index (χ4v) is 4.06. The van der Waals surface area contributed by atoms with Crippen molar-refractivity contribution in [3.63, 3.8) is 0 Å². The van der Waals surface area contributed by atoms with Gasteiger partial charge in [-0.1, -0.05) is 61.7 Å². The predicted molar refractivity (Wildman–Crippen MR) is 166 cm³/mol. The van der Waals surface area contributed by atoms with E-state index in [4.69, 9.17) is 14.2 Å². The van der Waals surface area contributed by atoms with Gasteiger partial charge in [-0.3, -0.25) is 4.79 Å². The van der Waals surface area contributed by atoms with E-state index in [0.29, 0.717) is 29.2 Å². The third kappa shape index (κ3) is 9.93. The van der Waals surface area contributed by atoms with Crippen molar-refractivity contribution < 1.29 is 42.5 Å². The fourth-order valence-electron chi connectivity index (χ4n) is 4.06. The molecule has 0 amide bonds. The number of hydrogen-bond donors (Lipinski definition) is 0. The predicted octanol–water partition coefficient (Wildman–Crippen LogP) is 7.49. The normalized spacial score (nSPS) is 10.3. The van der Waals surface area contributed by atoms with Crippen molar-refractivity contribution in [2.45, 2.75) is 12.8 Å². The van der Waals surface area contributed by atoms with E-state index in [1.54, 1.807) is 36.4 Å². The minimum atomic E-state index is -1.14. The highest BCUT2D eigenvalue weighted by molar-refractivity contribution is 5.91. The molecule has 0 heterocycles. The molecule has 9 heteroatoms. The second kappa shape index (κ2) is 16.2. The van der Waals surface area contributed by atoms with Gasteiger partial charge in [0.2, 0.25) is 5.83 Å². The zero-order valence-corrected chi connectivity index (χ0v) is 24.4. The average molecular weight is 611 g/mol. The first-order chi connectivity index (χ1) is 21.8. The molecule has 0 atom stereocenters. The maximum absolute atomic E-state index is 12.7. The summed E-state index contributed by atoms with van der Waals surface area (Å²) in [5, 5.41) is 0. The number of halogens is 1. The number of esters is 3. The third-order valence-electron chi connectivity index (χ3n) is 6.36. The maximum atomic E-state index is 12.7. The molecule has 4 rings (SSSR count). The van der Waals surface area contributed by atoms with Crippen molar-refractivity contribution in [1.82, 2.24) is 0 Å². The lowest BCUT2D eigenvalue weighted by atomic mass is 9.99. The molecular formula is C36H31FO8. The van der Waals surface area contributed by atoms with E-state index in [9.17, 15) is 18.8 Å². The summed E-state index contributed by atoms with van der Waals surface area (Å²) >= 11 is 0. The Hall–Kier alpha value is -5.70. The van der Waals surface area contributed by atoms with Gasteiger partial charge in [0.1, 0.15) is 17.2 Å². The number of benzene rings is 4. The maximum Gasteiger partial charge on any atom is 0.366 e. The minimum Gasteiger partial charge on any atom is -0.493 e. The molecule has 0 saturated carbocycles. The van der Waals surface area contributed by atoms with Crippen LogP contribution in [0.15, 0.2) is 122 Å². The van der Waals surface area contributed by atoms with Gasteiger partial charge in [-0.15, -0.1) is 0 Å². The first kappa shape index (κ1) is 32.2. The van der Waals surface area contributed by atoms with Crippen LogP contribution in [0.5, 0.6) is 17.2 Å². The van der Waals surface area contributed by atoms with Gasteiger partial charge in [0.05, 0.1) is 38.1 Å². The molecule has 0 spiro atoms. The van der Waals surface area contributed by atoms with Crippen molar-refractivity contribution >= 4 is 17.9 Å². The number of rotatable bonds is 15. The van der Waals surface area contributed by atoms with Crippen LogP contribution in [-0.4, -0.2) is 37.7 Å². The van der Waals surface area contributed by atoms with Crippen molar-refractivity contribution in [2.75, 3.05) is 19.8 Å². The Balaban J connectivity index is 1.24. The Labute approximate surface area is 260 Å². The summed E-state index contributed by atoms with van der Waals surface area (Å²) in [5.74, 6) is -1.56. The Kier molecular flexibility index (Phi) is 11.6. The second-order valence-corrected chi connectivity index (χ2v) is 9.54. The van der Waals surface area contributed by atoms with E-state index in [0.717, 1.165) is 28.5 Å². The first-order valence-electron chi connectivity index (χ1n) is 14.0. The number of carbonyl (C=O) groups is 3. The van der Waals surface area contributed by atoms with E-state index >= 15 is 0 Å². The van der Waals surface area contributed by atoms with Crippen molar-refractivity contribution in [1.29, 1.82) is 0 Å². The van der Waals surface area contributed by atoms with E-state index in [-0.39, 0.29) is 26.2 Å². The lowest BCUT2D eigenvalue weighted by Crippen LogP contribution is -2.09. The van der Waals surface area contributed by atoms with Gasteiger partial charge in [-0.05, 0) is 70.8 Å². The molecule has 0 unspecified atom stereocenters. The van der Waals surface area contributed by atoms with Crippen LogP contribution in [0, 0.1) is 0 Å². The van der Waals surface area contributed by atoms with Crippen molar-refractivity contribution in [3.8, 4) is 39.5 Å². The van der Waals surface area contributed by atoms with Gasteiger partial charge in [-0.2, -0.15) is 4.39 Å². The molecule has 0 aromatic heterocycles. The highest BCUT2D eigenvalue weighted by Gasteiger charge is 2.10. The van der Waals surface area contributed by atoms with Gasteiger partial charge in [0, 0.05) is 6.42 Å². The van der Waals surface area contributed by atoms with Gasteiger partial charge in [0.15, 0.2) is 0 Å². The first-order valence-corrected chi connectivity index (χ1v) is 14.0. The summed E-state index contributed by atoms with van der Waals surface area (Å²) < 4.78 is 38.5. The summed E-state index contributed by atoms with van der Waals surface area (Å²) in [6.07, 6.45) is 1.61. The van der Waals surface area contributed by atoms with Gasteiger partial charge in [0.25, 0.3) is 0 Å². The van der Waals surface area contributed by atoms with E-state index in [1.807, 2.05) is 60.7 Å². The topological polar surface area (TPSA) is 97.4 Å². The van der Waals surface area contributed by atoms with Crippen LogP contribution in [0.4, 0.5) is 4.39 Å². The molecule has 0 aliphatic heterocycles. The second-order valence-electron chi connectivity index (χ2n) is 9.54. The van der Waals surface area contributed by atoms with Gasteiger partial charge >= 0.3 is 17.9 Å². The van der Waals surface area contributed by atoms with Crippen LogP contribution < -0.4 is 14.2 Å². The monoisotopic (exact) mass is 610 g/mol. The minimum absolute atomic E-state index is 0.00702. The van der Waals surface area contributed by atoms with Crippen LogP contribution in [0.25, 0.3) is 22.3 Å². The summed E-state index contributed by atoms with van der Waals surface area (Å²) in [6, 6.07) is 29.3. The molecule has 0 bridgehead atoms. The summed E-state index contributed by atoms with van der Waals surface area (Å²) in [6.45, 7) is 6.69. The smallest absolute Gasteiger partial charge is 0.366 e. The number of ether oxygens (including phenoxy) is 5. The SMILES string of the molecule is C=COC(=O)CCOc1ccc(-c2ccc(-c3ccc(C(=O)Oc4ccc(OCCCOC(=O)C(=C)F)cc4)cc3)cc2)cc1. The molecule has 230 valence electrons. The standard InChI is InChI=1S/C36H31FO8/c1-3-41-34(38)21-24-43-31-15-13-29(14-16-31)27-7-5-26(6-8-27)28-9-11-30(12-10-28)36(40)45-33-19-17-32(18-20-33)42-22-4-23-44-35(39)25(2)37/h3,5-20H,1-2,4,21-24H2. The Morgan fingerprint density at radius 3 is 1.64 bits per heavy atom. The summed E-state index contributed by atoms with van der Waals surface area (Å²) in [7, 11) is 0. The molecule has 0 saturated heterocycles. The molecule has 0 N–H and O–H groups in total. The lowest BCUT2D eigenvalue weighted by molar-refractivity contribution is -0.141.